The van der Waals surface area contributed by atoms with Gasteiger partial charge < -0.3 is 5.11 Å². The van der Waals surface area contributed by atoms with Crippen molar-refractivity contribution in [3.05, 3.63) is 28.8 Å². The Labute approximate surface area is 90.7 Å². The molecule has 0 fully saturated rings. The van der Waals surface area contributed by atoms with Crippen molar-refractivity contribution < 1.29 is 5.11 Å². The van der Waals surface area contributed by atoms with Crippen molar-refractivity contribution in [1.82, 2.24) is 0 Å². The van der Waals surface area contributed by atoms with Crippen molar-refractivity contribution in [3.63, 3.8) is 0 Å². The molecule has 1 nitrogen and oxygen atoms in total. The molecular formula is C12H17ClO. The van der Waals surface area contributed by atoms with E-state index in [0.717, 1.165) is 18.4 Å². The minimum absolute atomic E-state index is 0.328. The highest BCUT2D eigenvalue weighted by molar-refractivity contribution is 6.30. The summed E-state index contributed by atoms with van der Waals surface area (Å²) in [5.41, 5.74) is 1.01. The molecule has 1 aromatic rings. The zero-order chi connectivity index (χ0) is 10.4. The van der Waals surface area contributed by atoms with Crippen LogP contribution in [0.5, 0.6) is 5.75 Å². The third-order valence-electron chi connectivity index (χ3n) is 2.35. The molecule has 0 saturated heterocycles. The van der Waals surface area contributed by atoms with E-state index in [1.807, 2.05) is 12.1 Å². The van der Waals surface area contributed by atoms with Crippen LogP contribution in [-0.4, -0.2) is 5.11 Å². The van der Waals surface area contributed by atoms with Crippen LogP contribution in [0.3, 0.4) is 0 Å². The first kappa shape index (κ1) is 11.4. The van der Waals surface area contributed by atoms with Crippen LogP contribution in [0.4, 0.5) is 0 Å². The van der Waals surface area contributed by atoms with Gasteiger partial charge in [-0.25, -0.2) is 0 Å². The fourth-order valence-corrected chi connectivity index (χ4v) is 1.66. The van der Waals surface area contributed by atoms with Gasteiger partial charge in [-0.05, 0) is 30.5 Å². The second-order valence-corrected chi connectivity index (χ2v) is 4.02. The molecule has 1 N–H and O–H groups in total. The maximum absolute atomic E-state index is 9.56. The molecule has 0 atom stereocenters. The zero-order valence-electron chi connectivity index (χ0n) is 8.59. The predicted octanol–water partition coefficient (Wildman–Crippen LogP) is 4.17. The Morgan fingerprint density at radius 1 is 1.21 bits per heavy atom. The average molecular weight is 213 g/mol. The Balaban J connectivity index is 2.42. The number of aryl methyl sites for hydroxylation is 1. The van der Waals surface area contributed by atoms with Gasteiger partial charge in [-0.1, -0.05) is 43.9 Å². The lowest BCUT2D eigenvalue weighted by Crippen LogP contribution is -1.86. The van der Waals surface area contributed by atoms with Crippen molar-refractivity contribution >= 4 is 11.6 Å². The van der Waals surface area contributed by atoms with Gasteiger partial charge in [-0.3, -0.25) is 0 Å². The largest absolute Gasteiger partial charge is 0.508 e. The quantitative estimate of drug-likeness (QED) is 0.727. The fraction of sp³-hybridized carbons (Fsp3) is 0.500. The first-order valence-corrected chi connectivity index (χ1v) is 5.59. The number of hydrogen-bond donors (Lipinski definition) is 1. The van der Waals surface area contributed by atoms with E-state index in [1.165, 1.54) is 19.3 Å². The fourth-order valence-electron chi connectivity index (χ4n) is 1.49. The van der Waals surface area contributed by atoms with Gasteiger partial charge in [0.1, 0.15) is 5.75 Å². The highest BCUT2D eigenvalue weighted by atomic mass is 35.5. The van der Waals surface area contributed by atoms with E-state index in [9.17, 15) is 5.11 Å². The van der Waals surface area contributed by atoms with E-state index >= 15 is 0 Å². The van der Waals surface area contributed by atoms with Gasteiger partial charge in [-0.15, -0.1) is 0 Å². The molecular weight excluding hydrogens is 196 g/mol. The summed E-state index contributed by atoms with van der Waals surface area (Å²) in [7, 11) is 0. The number of phenolic OH excluding ortho intramolecular Hbond substituents is 1. The number of halogens is 1. The summed E-state index contributed by atoms with van der Waals surface area (Å²) in [5, 5.41) is 10.2. The molecule has 0 radical (unpaired) electrons. The second-order valence-electron chi connectivity index (χ2n) is 3.58. The van der Waals surface area contributed by atoms with Crippen molar-refractivity contribution in [2.24, 2.45) is 0 Å². The smallest absolute Gasteiger partial charge is 0.120 e. The van der Waals surface area contributed by atoms with Crippen LogP contribution in [0.1, 0.15) is 38.2 Å². The minimum Gasteiger partial charge on any atom is -0.508 e. The molecule has 14 heavy (non-hydrogen) atoms. The Kier molecular flexibility index (Phi) is 4.81. The summed E-state index contributed by atoms with van der Waals surface area (Å²) in [6, 6.07) is 5.34. The highest BCUT2D eigenvalue weighted by Gasteiger charge is 2.01. The predicted molar refractivity (Wildman–Crippen MR) is 61.0 cm³/mol. The monoisotopic (exact) mass is 212 g/mol. The van der Waals surface area contributed by atoms with Gasteiger partial charge >= 0.3 is 0 Å². The van der Waals surface area contributed by atoms with E-state index in [1.54, 1.807) is 6.07 Å². The molecule has 2 heteroatoms. The van der Waals surface area contributed by atoms with E-state index in [2.05, 4.69) is 6.92 Å². The Morgan fingerprint density at radius 2 is 2.00 bits per heavy atom. The van der Waals surface area contributed by atoms with Crippen molar-refractivity contribution in [2.45, 2.75) is 39.0 Å². The molecule has 0 aliphatic rings. The second kappa shape index (κ2) is 5.92. The molecule has 78 valence electrons. The average Bonchev–Trinajstić information content (AvgIpc) is 2.15. The normalized spacial score (nSPS) is 10.4. The number of rotatable bonds is 5. The maximum Gasteiger partial charge on any atom is 0.120 e. The van der Waals surface area contributed by atoms with Gasteiger partial charge in [0.25, 0.3) is 0 Å². The lowest BCUT2D eigenvalue weighted by molar-refractivity contribution is 0.466. The summed E-state index contributed by atoms with van der Waals surface area (Å²) in [6.45, 7) is 2.19. The molecule has 0 heterocycles. The molecule has 0 unspecified atom stereocenters. The third kappa shape index (κ3) is 3.59. The van der Waals surface area contributed by atoms with Crippen LogP contribution in [0.25, 0.3) is 0 Å². The van der Waals surface area contributed by atoms with Crippen molar-refractivity contribution in [2.75, 3.05) is 0 Å². The van der Waals surface area contributed by atoms with Crippen LogP contribution in [0.2, 0.25) is 5.02 Å². The summed E-state index contributed by atoms with van der Waals surface area (Å²) >= 11 is 5.74. The summed E-state index contributed by atoms with van der Waals surface area (Å²) in [4.78, 5) is 0. The van der Waals surface area contributed by atoms with E-state index in [0.29, 0.717) is 10.8 Å². The molecule has 0 amide bonds. The Morgan fingerprint density at radius 3 is 2.64 bits per heavy atom. The molecule has 1 rings (SSSR count). The SMILES string of the molecule is CCCCCCc1ccc(Cl)cc1O. The molecule has 0 saturated carbocycles. The molecule has 0 spiro atoms. The van der Waals surface area contributed by atoms with Crippen LogP contribution < -0.4 is 0 Å². The number of benzene rings is 1. The molecule has 0 aliphatic heterocycles. The molecule has 0 bridgehead atoms. The highest BCUT2D eigenvalue weighted by Crippen LogP contribution is 2.23. The molecule has 0 aromatic heterocycles. The van der Waals surface area contributed by atoms with Gasteiger partial charge in [0.15, 0.2) is 0 Å². The van der Waals surface area contributed by atoms with Gasteiger partial charge in [0, 0.05) is 5.02 Å². The topological polar surface area (TPSA) is 20.2 Å². The van der Waals surface area contributed by atoms with Crippen LogP contribution in [-0.2, 0) is 6.42 Å². The lowest BCUT2D eigenvalue weighted by Gasteiger charge is -2.04. The summed E-state index contributed by atoms with van der Waals surface area (Å²) in [5.74, 6) is 0.328. The maximum atomic E-state index is 9.56. The van der Waals surface area contributed by atoms with Gasteiger partial charge in [-0.2, -0.15) is 0 Å². The number of hydrogen-bond acceptors (Lipinski definition) is 1. The first-order valence-electron chi connectivity index (χ1n) is 5.21. The lowest BCUT2D eigenvalue weighted by atomic mass is 10.1. The first-order chi connectivity index (χ1) is 6.74. The van der Waals surface area contributed by atoms with E-state index in [-0.39, 0.29) is 0 Å². The van der Waals surface area contributed by atoms with E-state index in [4.69, 9.17) is 11.6 Å². The van der Waals surface area contributed by atoms with Crippen LogP contribution in [0.15, 0.2) is 18.2 Å². The van der Waals surface area contributed by atoms with Crippen LogP contribution >= 0.6 is 11.6 Å². The number of aromatic hydroxyl groups is 1. The summed E-state index contributed by atoms with van der Waals surface area (Å²) in [6.07, 6.45) is 5.84. The minimum atomic E-state index is 0.328. The van der Waals surface area contributed by atoms with Crippen molar-refractivity contribution in [1.29, 1.82) is 0 Å². The molecule has 0 aliphatic carbocycles. The van der Waals surface area contributed by atoms with Crippen molar-refractivity contribution in [3.8, 4) is 5.75 Å². The van der Waals surface area contributed by atoms with Gasteiger partial charge in [0.05, 0.1) is 0 Å². The standard InChI is InChI=1S/C12H17ClO/c1-2-3-4-5-6-10-7-8-11(13)9-12(10)14/h7-9,14H,2-6H2,1H3. The zero-order valence-corrected chi connectivity index (χ0v) is 9.35. The Hall–Kier alpha value is -0.690. The van der Waals surface area contributed by atoms with Crippen LogP contribution in [0, 0.1) is 0 Å². The Bertz CT molecular complexity index is 284. The molecule has 1 aromatic carbocycles. The number of unbranched alkanes of at least 4 members (excludes halogenated alkanes) is 3. The van der Waals surface area contributed by atoms with Gasteiger partial charge in [0.2, 0.25) is 0 Å². The third-order valence-corrected chi connectivity index (χ3v) is 2.58. The van der Waals surface area contributed by atoms with E-state index < -0.39 is 0 Å². The number of phenols is 1. The summed E-state index contributed by atoms with van der Waals surface area (Å²) < 4.78 is 0.